The van der Waals surface area contributed by atoms with Crippen LogP contribution in [-0.2, 0) is 4.74 Å². The average molecular weight is 228 g/mol. The Morgan fingerprint density at radius 1 is 1.38 bits per heavy atom. The van der Waals surface area contributed by atoms with Gasteiger partial charge in [0.2, 0.25) is 0 Å². The highest BCUT2D eigenvalue weighted by Crippen LogP contribution is 2.35. The van der Waals surface area contributed by atoms with Gasteiger partial charge in [0, 0.05) is 12.1 Å². The molecule has 2 aliphatic heterocycles. The Morgan fingerprint density at radius 3 is 2.44 bits per heavy atom. The lowest BCUT2D eigenvalue weighted by atomic mass is 9.82. The van der Waals surface area contributed by atoms with Crippen LogP contribution >= 0.6 is 0 Å². The summed E-state index contributed by atoms with van der Waals surface area (Å²) in [6, 6.07) is 0.641. The quantitative estimate of drug-likeness (QED) is 0.651. The van der Waals surface area contributed by atoms with E-state index in [-0.39, 0.29) is 12.1 Å². The van der Waals surface area contributed by atoms with E-state index in [0.717, 1.165) is 12.8 Å². The number of fused-ring (bicyclic) bond motifs is 2. The van der Waals surface area contributed by atoms with Gasteiger partial charge in [-0.15, -0.1) is 0 Å². The highest BCUT2D eigenvalue weighted by molar-refractivity contribution is 5.04. The van der Waals surface area contributed by atoms with Gasteiger partial charge in [-0.1, -0.05) is 0 Å². The molecule has 0 amide bonds. The predicted octanol–water partition coefficient (Wildman–Crippen LogP) is 0.384. The van der Waals surface area contributed by atoms with Crippen LogP contribution in [0.1, 0.15) is 39.5 Å². The van der Waals surface area contributed by atoms with Crippen LogP contribution in [0.2, 0.25) is 0 Å². The van der Waals surface area contributed by atoms with Gasteiger partial charge in [-0.05, 0) is 39.5 Å². The summed E-state index contributed by atoms with van der Waals surface area (Å²) < 4.78 is 5.51. The van der Waals surface area contributed by atoms with Gasteiger partial charge in [-0.25, -0.2) is 0 Å². The van der Waals surface area contributed by atoms with Crippen LogP contribution in [-0.4, -0.2) is 41.5 Å². The van der Waals surface area contributed by atoms with Crippen molar-refractivity contribution in [3.8, 4) is 0 Å². The Kier molecular flexibility index (Phi) is 3.54. The summed E-state index contributed by atoms with van der Waals surface area (Å²) in [6.45, 7) is 4.43. The molecule has 0 saturated carbocycles. The molecule has 2 fully saturated rings. The number of piperidine rings is 1. The molecule has 0 aromatic carbocycles. The molecule has 4 heteroatoms. The molecule has 4 N–H and O–H groups in total. The molecule has 2 bridgehead atoms. The van der Waals surface area contributed by atoms with E-state index in [1.165, 1.54) is 12.8 Å². The summed E-state index contributed by atoms with van der Waals surface area (Å²) in [5, 5.41) is 14.1. The van der Waals surface area contributed by atoms with E-state index in [2.05, 4.69) is 5.32 Å². The lowest BCUT2D eigenvalue weighted by molar-refractivity contribution is -0.0597. The minimum Gasteiger partial charge on any atom is -0.388 e. The van der Waals surface area contributed by atoms with Crippen molar-refractivity contribution in [2.75, 3.05) is 6.61 Å². The third-order valence-electron chi connectivity index (χ3n) is 3.83. The van der Waals surface area contributed by atoms with Gasteiger partial charge in [0.15, 0.2) is 0 Å². The molecule has 2 aliphatic rings. The molecule has 3 unspecified atom stereocenters. The zero-order chi connectivity index (χ0) is 11.8. The fraction of sp³-hybridized carbons (Fsp3) is 1.00. The Labute approximate surface area is 97.5 Å². The number of nitrogens with two attached hydrogens (primary N) is 1. The minimum absolute atomic E-state index is 0.174. The maximum Gasteiger partial charge on any atom is 0.0850 e. The van der Waals surface area contributed by atoms with Gasteiger partial charge in [0.1, 0.15) is 0 Å². The van der Waals surface area contributed by atoms with E-state index in [0.29, 0.717) is 18.7 Å². The number of rotatable bonds is 4. The summed E-state index contributed by atoms with van der Waals surface area (Å²) in [4.78, 5) is 0. The van der Waals surface area contributed by atoms with Crippen LogP contribution in [0.25, 0.3) is 0 Å². The van der Waals surface area contributed by atoms with Crippen LogP contribution in [0.3, 0.4) is 0 Å². The first kappa shape index (κ1) is 12.3. The first-order valence-corrected chi connectivity index (χ1v) is 6.35. The zero-order valence-electron chi connectivity index (χ0n) is 10.3. The molecular weight excluding hydrogens is 204 g/mol. The molecule has 0 radical (unpaired) electrons. The Balaban J connectivity index is 1.91. The van der Waals surface area contributed by atoms with Crippen molar-refractivity contribution in [2.45, 2.75) is 69.4 Å². The van der Waals surface area contributed by atoms with Crippen LogP contribution in [0.5, 0.6) is 0 Å². The van der Waals surface area contributed by atoms with Crippen molar-refractivity contribution in [2.24, 2.45) is 5.73 Å². The number of hydrogen-bond acceptors (Lipinski definition) is 4. The largest absolute Gasteiger partial charge is 0.388 e. The number of aliphatic hydroxyl groups is 1. The molecule has 0 spiro atoms. The summed E-state index contributed by atoms with van der Waals surface area (Å²) in [7, 11) is 0. The molecule has 2 saturated heterocycles. The normalized spacial score (nSPS) is 40.3. The minimum atomic E-state index is -0.730. The first-order chi connectivity index (χ1) is 7.49. The summed E-state index contributed by atoms with van der Waals surface area (Å²) >= 11 is 0. The average Bonchev–Trinajstić information content (AvgIpc) is 2.55. The topological polar surface area (TPSA) is 67.5 Å². The van der Waals surface area contributed by atoms with Gasteiger partial charge in [0.05, 0.1) is 24.4 Å². The third-order valence-corrected chi connectivity index (χ3v) is 3.83. The summed E-state index contributed by atoms with van der Waals surface area (Å²) in [6.07, 6.45) is 4.06. The number of hydrogen-bond donors (Lipinski definition) is 3. The van der Waals surface area contributed by atoms with E-state index in [1.54, 1.807) is 0 Å². The Bertz CT molecular complexity index is 233. The van der Waals surface area contributed by atoms with E-state index in [4.69, 9.17) is 10.5 Å². The lowest BCUT2D eigenvalue weighted by Crippen LogP contribution is -2.59. The summed E-state index contributed by atoms with van der Waals surface area (Å²) in [5.74, 6) is 0. The van der Waals surface area contributed by atoms with E-state index < -0.39 is 5.60 Å². The van der Waals surface area contributed by atoms with Crippen molar-refractivity contribution in [1.82, 2.24) is 5.32 Å². The molecule has 4 nitrogen and oxygen atoms in total. The molecule has 2 rings (SSSR count). The van der Waals surface area contributed by atoms with Crippen LogP contribution in [0, 0.1) is 0 Å². The van der Waals surface area contributed by atoms with Gasteiger partial charge in [-0.2, -0.15) is 0 Å². The molecule has 0 aliphatic carbocycles. The lowest BCUT2D eigenvalue weighted by Gasteiger charge is -2.41. The standard InChI is InChI=1S/C12H24N2O2/c1-8(2)16-7-11(13)12(15)5-9-3-4-10(6-12)14-9/h8-11,14-15H,3-7,13H2,1-2H3. The molecular formula is C12H24N2O2. The van der Waals surface area contributed by atoms with Gasteiger partial charge >= 0.3 is 0 Å². The molecule has 0 aromatic rings. The summed E-state index contributed by atoms with van der Waals surface area (Å²) in [5.41, 5.74) is 5.35. The fourth-order valence-corrected chi connectivity index (χ4v) is 2.92. The number of nitrogens with one attached hydrogen (secondary N) is 1. The second kappa shape index (κ2) is 4.61. The van der Waals surface area contributed by atoms with Crippen LogP contribution < -0.4 is 11.1 Å². The molecule has 0 aromatic heterocycles. The monoisotopic (exact) mass is 228 g/mol. The Morgan fingerprint density at radius 2 is 1.94 bits per heavy atom. The maximum absolute atomic E-state index is 10.6. The molecule has 2 heterocycles. The third kappa shape index (κ3) is 2.56. The van der Waals surface area contributed by atoms with Gasteiger partial charge in [-0.3, -0.25) is 0 Å². The fourth-order valence-electron chi connectivity index (χ4n) is 2.92. The van der Waals surface area contributed by atoms with Crippen LogP contribution in [0.15, 0.2) is 0 Å². The zero-order valence-corrected chi connectivity index (χ0v) is 10.3. The highest BCUT2D eigenvalue weighted by atomic mass is 16.5. The van der Waals surface area contributed by atoms with Crippen LogP contribution in [0.4, 0.5) is 0 Å². The molecule has 16 heavy (non-hydrogen) atoms. The van der Waals surface area contributed by atoms with Crippen molar-refractivity contribution in [3.63, 3.8) is 0 Å². The van der Waals surface area contributed by atoms with E-state index in [1.807, 2.05) is 13.8 Å². The van der Waals surface area contributed by atoms with Crippen molar-refractivity contribution < 1.29 is 9.84 Å². The maximum atomic E-state index is 10.6. The number of ether oxygens (including phenoxy) is 1. The van der Waals surface area contributed by atoms with E-state index >= 15 is 0 Å². The highest BCUT2D eigenvalue weighted by Gasteiger charge is 2.45. The predicted molar refractivity (Wildman–Crippen MR) is 63.2 cm³/mol. The smallest absolute Gasteiger partial charge is 0.0850 e. The van der Waals surface area contributed by atoms with Gasteiger partial charge in [0.25, 0.3) is 0 Å². The van der Waals surface area contributed by atoms with Crippen molar-refractivity contribution >= 4 is 0 Å². The molecule has 3 atom stereocenters. The second-order valence-corrected chi connectivity index (χ2v) is 5.64. The van der Waals surface area contributed by atoms with Gasteiger partial charge < -0.3 is 20.9 Å². The first-order valence-electron chi connectivity index (χ1n) is 6.35. The van der Waals surface area contributed by atoms with E-state index in [9.17, 15) is 5.11 Å². The second-order valence-electron chi connectivity index (χ2n) is 5.64. The molecule has 94 valence electrons. The van der Waals surface area contributed by atoms with Crippen molar-refractivity contribution in [3.05, 3.63) is 0 Å². The van der Waals surface area contributed by atoms with Crippen molar-refractivity contribution in [1.29, 1.82) is 0 Å². The SMILES string of the molecule is CC(C)OCC(N)C1(O)CC2CCC(C1)N2. The Hall–Kier alpha value is -0.160.